The van der Waals surface area contributed by atoms with E-state index in [1.54, 1.807) is 0 Å². The van der Waals surface area contributed by atoms with E-state index in [1.807, 2.05) is 0 Å². The highest BCUT2D eigenvalue weighted by atomic mass is 35.5. The lowest BCUT2D eigenvalue weighted by Crippen LogP contribution is -2.41. The Labute approximate surface area is 161 Å². The molecule has 0 aliphatic carbocycles. The summed E-state index contributed by atoms with van der Waals surface area (Å²) in [6.45, 7) is -0.519. The Morgan fingerprint density at radius 3 is 2.61 bits per heavy atom. The minimum absolute atomic E-state index is 0.0274. The molecule has 0 aromatic heterocycles. The Balaban J connectivity index is 1.78. The van der Waals surface area contributed by atoms with Crippen molar-refractivity contribution in [1.29, 1.82) is 0 Å². The lowest BCUT2D eigenvalue weighted by Gasteiger charge is -2.28. The first kappa shape index (κ1) is 19.0. The Morgan fingerprint density at radius 1 is 1.18 bits per heavy atom. The van der Waals surface area contributed by atoms with Crippen LogP contribution in [0.1, 0.15) is 0 Å². The maximum atomic E-state index is 12.3. The number of fused-ring (bicyclic) bond motifs is 1. The third kappa shape index (κ3) is 3.99. The number of esters is 1. The van der Waals surface area contributed by atoms with E-state index in [-0.39, 0.29) is 40.9 Å². The number of carbonyl (C=O) groups excluding carboxylic acids is 2. The SMILES string of the molecule is O=C(CN1CC(=O)Oc2cc([N+](=O)[O-])ccc21)Nc1ccc(Cl)c([N+](=O)[O-])c1. The molecule has 0 atom stereocenters. The Morgan fingerprint density at radius 2 is 1.93 bits per heavy atom. The maximum Gasteiger partial charge on any atom is 0.331 e. The van der Waals surface area contributed by atoms with Crippen molar-refractivity contribution < 1.29 is 24.2 Å². The van der Waals surface area contributed by atoms with Crippen molar-refractivity contribution in [2.24, 2.45) is 0 Å². The summed E-state index contributed by atoms with van der Waals surface area (Å²) in [5.74, 6) is -1.26. The minimum atomic E-state index is -0.679. The van der Waals surface area contributed by atoms with Gasteiger partial charge in [0.15, 0.2) is 5.75 Å². The van der Waals surface area contributed by atoms with E-state index in [1.165, 1.54) is 29.2 Å². The third-order valence-electron chi connectivity index (χ3n) is 3.80. The van der Waals surface area contributed by atoms with Crippen LogP contribution < -0.4 is 15.0 Å². The number of halogens is 1. The summed E-state index contributed by atoms with van der Waals surface area (Å²) in [7, 11) is 0. The zero-order valence-electron chi connectivity index (χ0n) is 14.0. The molecule has 2 aromatic rings. The van der Waals surface area contributed by atoms with Gasteiger partial charge in [0.1, 0.15) is 11.6 Å². The van der Waals surface area contributed by atoms with Crippen molar-refractivity contribution in [2.75, 3.05) is 23.3 Å². The second-order valence-corrected chi connectivity index (χ2v) is 6.12. The molecule has 12 heteroatoms. The molecule has 0 spiro atoms. The van der Waals surface area contributed by atoms with Gasteiger partial charge in [0.2, 0.25) is 5.91 Å². The zero-order valence-corrected chi connectivity index (χ0v) is 14.7. The number of nitro benzene ring substituents is 2. The largest absolute Gasteiger partial charge is 0.423 e. The zero-order chi connectivity index (χ0) is 20.4. The first-order valence-corrected chi connectivity index (χ1v) is 8.10. The van der Waals surface area contributed by atoms with E-state index in [9.17, 15) is 29.8 Å². The first-order valence-electron chi connectivity index (χ1n) is 7.72. The van der Waals surface area contributed by atoms with Gasteiger partial charge in [-0.2, -0.15) is 0 Å². The van der Waals surface area contributed by atoms with Crippen LogP contribution in [0, 0.1) is 20.2 Å². The predicted molar refractivity (Wildman–Crippen MR) is 97.7 cm³/mol. The Bertz CT molecular complexity index is 1010. The number of amides is 1. The number of anilines is 2. The summed E-state index contributed by atoms with van der Waals surface area (Å²) in [5.41, 5.74) is -0.128. The molecule has 1 amide bonds. The molecule has 0 saturated carbocycles. The van der Waals surface area contributed by atoms with Gasteiger partial charge in [-0.05, 0) is 18.2 Å². The van der Waals surface area contributed by atoms with Gasteiger partial charge in [0.05, 0.1) is 28.1 Å². The number of hydrogen-bond acceptors (Lipinski definition) is 8. The summed E-state index contributed by atoms with van der Waals surface area (Å²) in [6.07, 6.45) is 0. The number of hydrogen-bond donors (Lipinski definition) is 1. The lowest BCUT2D eigenvalue weighted by molar-refractivity contribution is -0.385. The van der Waals surface area contributed by atoms with E-state index >= 15 is 0 Å². The van der Waals surface area contributed by atoms with Crippen LogP contribution in [0.5, 0.6) is 5.75 Å². The fourth-order valence-corrected chi connectivity index (χ4v) is 2.79. The van der Waals surface area contributed by atoms with E-state index < -0.39 is 21.7 Å². The van der Waals surface area contributed by atoms with Gasteiger partial charge in [-0.15, -0.1) is 0 Å². The highest BCUT2D eigenvalue weighted by Gasteiger charge is 2.27. The fourth-order valence-electron chi connectivity index (χ4n) is 2.60. The lowest BCUT2D eigenvalue weighted by atomic mass is 10.2. The average Bonchev–Trinajstić information content (AvgIpc) is 2.62. The van der Waals surface area contributed by atoms with Gasteiger partial charge < -0.3 is 15.0 Å². The number of nitro groups is 2. The smallest absolute Gasteiger partial charge is 0.331 e. The van der Waals surface area contributed by atoms with Gasteiger partial charge >= 0.3 is 5.97 Å². The van der Waals surface area contributed by atoms with Gasteiger partial charge in [-0.1, -0.05) is 11.6 Å². The molecular weight excluding hydrogens is 396 g/mol. The standard InChI is InChI=1S/C16H11ClN4O7/c17-11-3-1-9(5-13(11)21(26)27)18-15(22)7-19-8-16(23)28-14-6-10(20(24)25)2-4-12(14)19/h1-6H,7-8H2,(H,18,22). The highest BCUT2D eigenvalue weighted by molar-refractivity contribution is 6.32. The first-order chi connectivity index (χ1) is 13.2. The van der Waals surface area contributed by atoms with Crippen LogP contribution in [0.25, 0.3) is 0 Å². The summed E-state index contributed by atoms with van der Waals surface area (Å²) < 4.78 is 5.00. The number of nitrogens with one attached hydrogen (secondary N) is 1. The van der Waals surface area contributed by atoms with Crippen LogP contribution >= 0.6 is 11.6 Å². The number of non-ortho nitro benzene ring substituents is 1. The topological polar surface area (TPSA) is 145 Å². The van der Waals surface area contributed by atoms with Crippen LogP contribution in [0.15, 0.2) is 36.4 Å². The van der Waals surface area contributed by atoms with E-state index in [4.69, 9.17) is 16.3 Å². The maximum absolute atomic E-state index is 12.3. The molecular formula is C16H11ClN4O7. The quantitative estimate of drug-likeness (QED) is 0.345. The number of benzene rings is 2. The summed E-state index contributed by atoms with van der Waals surface area (Å²) in [6, 6.07) is 7.49. The number of rotatable bonds is 5. The third-order valence-corrected chi connectivity index (χ3v) is 4.12. The molecule has 0 unspecified atom stereocenters. The second kappa shape index (κ2) is 7.48. The summed E-state index contributed by atoms with van der Waals surface area (Å²) in [5, 5.41) is 24.2. The molecule has 0 saturated heterocycles. The summed E-state index contributed by atoms with van der Waals surface area (Å²) in [4.78, 5) is 45.9. The van der Waals surface area contributed by atoms with Crippen LogP contribution in [0.2, 0.25) is 5.02 Å². The van der Waals surface area contributed by atoms with Crippen LogP contribution in [-0.4, -0.2) is 34.8 Å². The average molecular weight is 407 g/mol. The minimum Gasteiger partial charge on any atom is -0.423 e. The highest BCUT2D eigenvalue weighted by Crippen LogP contribution is 2.35. The molecule has 28 heavy (non-hydrogen) atoms. The second-order valence-electron chi connectivity index (χ2n) is 5.71. The molecule has 0 fully saturated rings. The fraction of sp³-hybridized carbons (Fsp3) is 0.125. The predicted octanol–water partition coefficient (Wildman–Crippen LogP) is 2.52. The van der Waals surface area contributed by atoms with Crippen molar-refractivity contribution in [2.45, 2.75) is 0 Å². The molecule has 11 nitrogen and oxygen atoms in total. The van der Waals surface area contributed by atoms with Crippen molar-refractivity contribution in [3.63, 3.8) is 0 Å². The van der Waals surface area contributed by atoms with Crippen LogP contribution in [0.3, 0.4) is 0 Å². The van der Waals surface area contributed by atoms with Crippen molar-refractivity contribution in [3.05, 3.63) is 61.6 Å². The molecule has 3 rings (SSSR count). The molecule has 1 heterocycles. The number of nitrogens with zero attached hydrogens (tertiary/aromatic N) is 3. The van der Waals surface area contributed by atoms with Crippen molar-refractivity contribution in [3.8, 4) is 5.75 Å². The van der Waals surface area contributed by atoms with Gasteiger partial charge in [-0.3, -0.25) is 25.0 Å². The van der Waals surface area contributed by atoms with E-state index in [0.29, 0.717) is 5.69 Å². The molecule has 144 valence electrons. The number of ether oxygens (including phenoxy) is 1. The van der Waals surface area contributed by atoms with Crippen LogP contribution in [0.4, 0.5) is 22.7 Å². The van der Waals surface area contributed by atoms with Crippen LogP contribution in [-0.2, 0) is 9.59 Å². The van der Waals surface area contributed by atoms with Gasteiger partial charge in [0, 0.05) is 17.8 Å². The molecule has 0 radical (unpaired) electrons. The molecule has 2 aromatic carbocycles. The Hall–Kier alpha value is -3.73. The number of carbonyl (C=O) groups is 2. The van der Waals surface area contributed by atoms with E-state index in [2.05, 4.69) is 5.32 Å². The molecule has 1 aliphatic rings. The van der Waals surface area contributed by atoms with Gasteiger partial charge in [0.25, 0.3) is 11.4 Å². The van der Waals surface area contributed by atoms with Gasteiger partial charge in [-0.25, -0.2) is 4.79 Å². The normalized spacial score (nSPS) is 12.8. The molecule has 1 aliphatic heterocycles. The Kier molecular flexibility index (Phi) is 5.09. The van der Waals surface area contributed by atoms with E-state index in [0.717, 1.165) is 12.1 Å². The molecule has 0 bridgehead atoms. The monoisotopic (exact) mass is 406 g/mol. The summed E-state index contributed by atoms with van der Waals surface area (Å²) >= 11 is 5.73. The van der Waals surface area contributed by atoms with Crippen molar-refractivity contribution >= 4 is 46.2 Å². The van der Waals surface area contributed by atoms with Crippen molar-refractivity contribution in [1.82, 2.24) is 0 Å². The molecule has 1 N–H and O–H groups in total.